The molecule has 0 atom stereocenters. The number of nitrogens with one attached hydrogen (secondary N) is 1. The first kappa shape index (κ1) is 18.5. The van der Waals surface area contributed by atoms with E-state index in [1.165, 1.54) is 0 Å². The van der Waals surface area contributed by atoms with Crippen LogP contribution in [0.25, 0.3) is 0 Å². The van der Waals surface area contributed by atoms with Crippen molar-refractivity contribution >= 4 is 29.1 Å². The van der Waals surface area contributed by atoms with Crippen molar-refractivity contribution in [3.8, 4) is 11.5 Å². The monoisotopic (exact) mass is 383 g/mol. The zero-order valence-electron chi connectivity index (χ0n) is 14.5. The van der Waals surface area contributed by atoms with E-state index in [1.54, 1.807) is 24.3 Å². The Labute approximate surface area is 160 Å². The number of carbonyl (C=O) groups is 2. The lowest BCUT2D eigenvalue weighted by molar-refractivity contribution is -0.119. The Hall–Kier alpha value is -3.26. The quantitative estimate of drug-likeness (QED) is 0.626. The Morgan fingerprint density at radius 1 is 1.07 bits per heavy atom. The van der Waals surface area contributed by atoms with Gasteiger partial charge in [0.25, 0.3) is 5.91 Å². The van der Waals surface area contributed by atoms with Crippen molar-refractivity contribution in [1.82, 2.24) is 9.59 Å². The third-order valence-corrected chi connectivity index (χ3v) is 4.26. The Kier molecular flexibility index (Phi) is 6.11. The lowest BCUT2D eigenvalue weighted by Gasteiger charge is -2.09. The van der Waals surface area contributed by atoms with Crippen molar-refractivity contribution in [2.45, 2.75) is 13.3 Å². The molecule has 7 nitrogen and oxygen atoms in total. The highest BCUT2D eigenvalue weighted by Crippen LogP contribution is 2.23. The van der Waals surface area contributed by atoms with Crippen LogP contribution in [0.2, 0.25) is 0 Å². The molecular weight excluding hydrogens is 366 g/mol. The summed E-state index contributed by atoms with van der Waals surface area (Å²) >= 11 is 0.957. The number of rotatable bonds is 7. The second-order valence-corrected chi connectivity index (χ2v) is 6.22. The van der Waals surface area contributed by atoms with Crippen molar-refractivity contribution in [3.05, 3.63) is 65.2 Å². The van der Waals surface area contributed by atoms with Gasteiger partial charge in [0.2, 0.25) is 0 Å². The van der Waals surface area contributed by atoms with Crippen LogP contribution >= 0.6 is 11.5 Å². The average Bonchev–Trinajstić information content (AvgIpc) is 3.16. The van der Waals surface area contributed by atoms with Gasteiger partial charge < -0.3 is 14.8 Å². The summed E-state index contributed by atoms with van der Waals surface area (Å²) in [6.45, 7) is 1.47. The third-order valence-electron chi connectivity index (χ3n) is 3.51. The zero-order chi connectivity index (χ0) is 19.1. The zero-order valence-corrected chi connectivity index (χ0v) is 15.4. The van der Waals surface area contributed by atoms with E-state index < -0.39 is 18.5 Å². The molecule has 0 aliphatic carbocycles. The van der Waals surface area contributed by atoms with Crippen molar-refractivity contribution in [1.29, 1.82) is 0 Å². The fourth-order valence-electron chi connectivity index (χ4n) is 2.25. The van der Waals surface area contributed by atoms with Gasteiger partial charge in [-0.05, 0) is 42.2 Å². The van der Waals surface area contributed by atoms with E-state index in [0.717, 1.165) is 11.5 Å². The smallest absolute Gasteiger partial charge is 0.352 e. The second kappa shape index (κ2) is 8.91. The van der Waals surface area contributed by atoms with Crippen LogP contribution in [0, 0.1) is 0 Å². The number of ether oxygens (including phenoxy) is 2. The molecule has 3 aromatic rings. The number of aryl methyl sites for hydroxylation is 1. The number of nitrogens with zero attached hydrogens (tertiary/aromatic N) is 2. The van der Waals surface area contributed by atoms with Crippen LogP contribution in [0.3, 0.4) is 0 Å². The summed E-state index contributed by atoms with van der Waals surface area (Å²) in [4.78, 5) is 24.4. The van der Waals surface area contributed by atoms with Crippen LogP contribution in [0.4, 0.5) is 5.69 Å². The second-order valence-electron chi connectivity index (χ2n) is 5.47. The molecule has 2 aromatic carbocycles. The fraction of sp³-hybridized carbons (Fsp3) is 0.158. The van der Waals surface area contributed by atoms with Gasteiger partial charge >= 0.3 is 5.97 Å². The first-order valence-electron chi connectivity index (χ1n) is 8.27. The van der Waals surface area contributed by atoms with Crippen molar-refractivity contribution in [2.75, 3.05) is 11.9 Å². The molecule has 8 heteroatoms. The van der Waals surface area contributed by atoms with E-state index in [-0.39, 0.29) is 0 Å². The van der Waals surface area contributed by atoms with Crippen LogP contribution in [0.15, 0.2) is 54.6 Å². The number of amides is 1. The van der Waals surface area contributed by atoms with Crippen LogP contribution < -0.4 is 10.1 Å². The Morgan fingerprint density at radius 2 is 1.85 bits per heavy atom. The fourth-order valence-corrected chi connectivity index (χ4v) is 2.90. The average molecular weight is 383 g/mol. The van der Waals surface area contributed by atoms with Crippen LogP contribution in [-0.2, 0) is 16.0 Å². The van der Waals surface area contributed by atoms with Crippen molar-refractivity contribution in [3.63, 3.8) is 0 Å². The molecular formula is C19H17N3O4S. The van der Waals surface area contributed by atoms with Gasteiger partial charge in [0.15, 0.2) is 11.5 Å². The molecule has 1 aromatic heterocycles. The summed E-state index contributed by atoms with van der Waals surface area (Å²) in [5.41, 5.74) is 1.11. The van der Waals surface area contributed by atoms with Gasteiger partial charge in [-0.15, -0.1) is 5.10 Å². The molecule has 0 saturated carbocycles. The minimum Gasteiger partial charge on any atom is -0.457 e. The maximum absolute atomic E-state index is 12.1. The normalized spacial score (nSPS) is 10.3. The molecule has 0 aliphatic rings. The van der Waals surface area contributed by atoms with Crippen LogP contribution in [-0.4, -0.2) is 28.1 Å². The molecule has 1 amide bonds. The SMILES string of the molecule is CCc1nnsc1C(=O)OCC(=O)Nc1cccc(Oc2ccccc2)c1. The lowest BCUT2D eigenvalue weighted by atomic mass is 10.3. The predicted octanol–water partition coefficient (Wildman–Crippen LogP) is 3.69. The van der Waals surface area contributed by atoms with E-state index in [2.05, 4.69) is 14.9 Å². The number of carbonyl (C=O) groups excluding carboxylic acids is 2. The summed E-state index contributed by atoms with van der Waals surface area (Å²) in [7, 11) is 0. The van der Waals surface area contributed by atoms with E-state index in [0.29, 0.717) is 34.2 Å². The molecule has 0 bridgehead atoms. The molecule has 0 spiro atoms. The number of aromatic nitrogens is 2. The largest absolute Gasteiger partial charge is 0.457 e. The van der Waals surface area contributed by atoms with Crippen LogP contribution in [0.1, 0.15) is 22.3 Å². The van der Waals surface area contributed by atoms with E-state index in [1.807, 2.05) is 37.3 Å². The molecule has 0 unspecified atom stereocenters. The standard InChI is InChI=1S/C19H17N3O4S/c1-2-16-18(27-22-21-16)19(24)25-12-17(23)20-13-7-6-10-15(11-13)26-14-8-4-3-5-9-14/h3-11H,2,12H2,1H3,(H,20,23). The van der Waals surface area contributed by atoms with E-state index in [9.17, 15) is 9.59 Å². The minimum absolute atomic E-state index is 0.323. The number of hydrogen-bond donors (Lipinski definition) is 1. The molecule has 138 valence electrons. The highest BCUT2D eigenvalue weighted by Gasteiger charge is 2.17. The molecule has 0 aliphatic heterocycles. The summed E-state index contributed by atoms with van der Waals surface area (Å²) in [5, 5.41) is 6.52. The molecule has 0 saturated heterocycles. The van der Waals surface area contributed by atoms with Crippen molar-refractivity contribution < 1.29 is 19.1 Å². The summed E-state index contributed by atoms with van der Waals surface area (Å²) in [6.07, 6.45) is 0.571. The highest BCUT2D eigenvalue weighted by molar-refractivity contribution is 7.07. The number of hydrogen-bond acceptors (Lipinski definition) is 7. The number of para-hydroxylation sites is 1. The van der Waals surface area contributed by atoms with Gasteiger partial charge in [0.05, 0.1) is 5.69 Å². The maximum atomic E-state index is 12.1. The Morgan fingerprint density at radius 3 is 2.63 bits per heavy atom. The summed E-state index contributed by atoms with van der Waals surface area (Å²) in [5.74, 6) is 0.230. The molecule has 0 radical (unpaired) electrons. The Bertz CT molecular complexity index is 927. The summed E-state index contributed by atoms with van der Waals surface area (Å²) in [6, 6.07) is 16.3. The topological polar surface area (TPSA) is 90.4 Å². The van der Waals surface area contributed by atoms with E-state index >= 15 is 0 Å². The Balaban J connectivity index is 1.55. The van der Waals surface area contributed by atoms with E-state index in [4.69, 9.17) is 9.47 Å². The van der Waals surface area contributed by atoms with Gasteiger partial charge in [0, 0.05) is 11.8 Å². The number of anilines is 1. The van der Waals surface area contributed by atoms with Gasteiger partial charge in [-0.1, -0.05) is 35.7 Å². The van der Waals surface area contributed by atoms with Gasteiger partial charge in [-0.2, -0.15) is 0 Å². The first-order valence-corrected chi connectivity index (χ1v) is 9.04. The molecule has 3 rings (SSSR count). The van der Waals surface area contributed by atoms with Crippen LogP contribution in [0.5, 0.6) is 11.5 Å². The van der Waals surface area contributed by atoms with Crippen molar-refractivity contribution in [2.24, 2.45) is 0 Å². The molecule has 1 N–H and O–H groups in total. The molecule has 27 heavy (non-hydrogen) atoms. The maximum Gasteiger partial charge on any atom is 0.352 e. The number of esters is 1. The van der Waals surface area contributed by atoms with Gasteiger partial charge in [0.1, 0.15) is 11.5 Å². The summed E-state index contributed by atoms with van der Waals surface area (Å²) < 4.78 is 14.5. The molecule has 0 fully saturated rings. The highest BCUT2D eigenvalue weighted by atomic mass is 32.1. The predicted molar refractivity (Wildman–Crippen MR) is 101 cm³/mol. The van der Waals surface area contributed by atoms with Gasteiger partial charge in [-0.25, -0.2) is 4.79 Å². The first-order chi connectivity index (χ1) is 13.2. The third kappa shape index (κ3) is 5.11. The van der Waals surface area contributed by atoms with Gasteiger partial charge in [-0.3, -0.25) is 4.79 Å². The lowest BCUT2D eigenvalue weighted by Crippen LogP contribution is -2.21. The minimum atomic E-state index is -0.599. The molecule has 1 heterocycles. The number of benzene rings is 2.